The quantitative estimate of drug-likeness (QED) is 0.842. The molecule has 2 aromatic rings. The zero-order chi connectivity index (χ0) is 15.6. The van der Waals surface area contributed by atoms with Crippen molar-refractivity contribution in [3.8, 4) is 0 Å². The minimum atomic E-state index is -0.469. The second kappa shape index (κ2) is 5.99. The summed E-state index contributed by atoms with van der Waals surface area (Å²) in [5.74, 6) is -0.469. The Balaban J connectivity index is 2.13. The summed E-state index contributed by atoms with van der Waals surface area (Å²) in [7, 11) is 1.69. The van der Waals surface area contributed by atoms with Crippen molar-refractivity contribution in [2.75, 3.05) is 5.73 Å². The Hall–Kier alpha value is -2.31. The third kappa shape index (κ3) is 2.91. The van der Waals surface area contributed by atoms with Gasteiger partial charge in [-0.05, 0) is 26.3 Å². The monoisotopic (exact) mass is 291 g/mol. The summed E-state index contributed by atoms with van der Waals surface area (Å²) in [6, 6.07) is 1.90. The number of nitrogens with two attached hydrogens (primary N) is 1. The predicted octanol–water partition coefficient (Wildman–Crippen LogP) is 1.45. The van der Waals surface area contributed by atoms with E-state index in [9.17, 15) is 4.79 Å². The van der Waals surface area contributed by atoms with E-state index in [1.54, 1.807) is 7.05 Å². The molecule has 0 radical (unpaired) electrons. The Labute approximate surface area is 123 Å². The van der Waals surface area contributed by atoms with Crippen LogP contribution in [-0.4, -0.2) is 25.5 Å². The van der Waals surface area contributed by atoms with Crippen LogP contribution in [0, 0.1) is 6.92 Å². The first-order valence-electron chi connectivity index (χ1n) is 6.99. The van der Waals surface area contributed by atoms with Gasteiger partial charge >= 0.3 is 5.97 Å². The van der Waals surface area contributed by atoms with E-state index in [0.29, 0.717) is 23.5 Å². The molecule has 0 amide bonds. The number of carbonyl (C=O) groups excluding carboxylic acids is 1. The van der Waals surface area contributed by atoms with Crippen LogP contribution in [0.3, 0.4) is 0 Å². The van der Waals surface area contributed by atoms with Gasteiger partial charge in [-0.25, -0.2) is 4.79 Å². The van der Waals surface area contributed by atoms with Crippen LogP contribution < -0.4 is 5.73 Å². The number of aromatic nitrogens is 4. The van der Waals surface area contributed by atoms with Crippen molar-refractivity contribution >= 4 is 11.7 Å². The van der Waals surface area contributed by atoms with Crippen LogP contribution in [-0.2, 0) is 31.4 Å². The van der Waals surface area contributed by atoms with Crippen LogP contribution in [0.1, 0.15) is 41.4 Å². The van der Waals surface area contributed by atoms with Gasteiger partial charge in [0.05, 0.1) is 22.8 Å². The Morgan fingerprint density at radius 1 is 1.38 bits per heavy atom. The number of hydrogen-bond acceptors (Lipinski definition) is 5. The fourth-order valence-electron chi connectivity index (χ4n) is 2.30. The van der Waals surface area contributed by atoms with Crippen molar-refractivity contribution in [1.29, 1.82) is 0 Å². The van der Waals surface area contributed by atoms with Crippen molar-refractivity contribution in [3.05, 3.63) is 28.8 Å². The SMILES string of the molecule is CCc1nn(C)c(C(=O)OCc2cc(C)nn2CC)c1N. The van der Waals surface area contributed by atoms with Crippen LogP contribution in [0.4, 0.5) is 5.69 Å². The number of ether oxygens (including phenoxy) is 1. The lowest BCUT2D eigenvalue weighted by molar-refractivity contribution is 0.0451. The molecule has 2 N–H and O–H groups in total. The Bertz CT molecular complexity index is 657. The van der Waals surface area contributed by atoms with Gasteiger partial charge in [-0.2, -0.15) is 10.2 Å². The van der Waals surface area contributed by atoms with Crippen molar-refractivity contribution < 1.29 is 9.53 Å². The van der Waals surface area contributed by atoms with E-state index in [4.69, 9.17) is 10.5 Å². The molecule has 0 saturated heterocycles. The van der Waals surface area contributed by atoms with Crippen molar-refractivity contribution in [3.63, 3.8) is 0 Å². The third-order valence-electron chi connectivity index (χ3n) is 3.32. The molecular weight excluding hydrogens is 270 g/mol. The maximum Gasteiger partial charge on any atom is 0.359 e. The second-order valence-corrected chi connectivity index (χ2v) is 4.86. The molecule has 0 fully saturated rings. The molecule has 2 aromatic heterocycles. The molecule has 114 valence electrons. The van der Waals surface area contributed by atoms with Crippen LogP contribution in [0.15, 0.2) is 6.07 Å². The Kier molecular flexibility index (Phi) is 4.30. The van der Waals surface area contributed by atoms with Crippen LogP contribution in [0.5, 0.6) is 0 Å². The molecule has 0 spiro atoms. The van der Waals surface area contributed by atoms with E-state index in [1.807, 2.05) is 31.5 Å². The van der Waals surface area contributed by atoms with Gasteiger partial charge < -0.3 is 10.5 Å². The first kappa shape index (κ1) is 15.1. The van der Waals surface area contributed by atoms with E-state index in [0.717, 1.165) is 17.9 Å². The molecule has 0 bridgehead atoms. The van der Waals surface area contributed by atoms with Gasteiger partial charge in [0.15, 0.2) is 5.69 Å². The van der Waals surface area contributed by atoms with E-state index < -0.39 is 5.97 Å². The summed E-state index contributed by atoms with van der Waals surface area (Å²) >= 11 is 0. The van der Waals surface area contributed by atoms with Crippen LogP contribution >= 0.6 is 0 Å². The number of esters is 1. The van der Waals surface area contributed by atoms with Gasteiger partial charge in [0.25, 0.3) is 0 Å². The van der Waals surface area contributed by atoms with Crippen molar-refractivity contribution in [2.45, 2.75) is 40.3 Å². The van der Waals surface area contributed by atoms with Gasteiger partial charge in [0.2, 0.25) is 0 Å². The maximum absolute atomic E-state index is 12.2. The van der Waals surface area contributed by atoms with Gasteiger partial charge in [0, 0.05) is 13.6 Å². The number of carbonyl (C=O) groups is 1. The number of nitrogens with zero attached hydrogens (tertiary/aromatic N) is 4. The summed E-state index contributed by atoms with van der Waals surface area (Å²) in [6.07, 6.45) is 0.675. The predicted molar refractivity (Wildman–Crippen MR) is 78.8 cm³/mol. The van der Waals surface area contributed by atoms with Gasteiger partial charge in [-0.1, -0.05) is 6.92 Å². The molecule has 0 unspecified atom stereocenters. The van der Waals surface area contributed by atoms with E-state index >= 15 is 0 Å². The summed E-state index contributed by atoms with van der Waals surface area (Å²) in [5, 5.41) is 8.53. The summed E-state index contributed by atoms with van der Waals surface area (Å²) in [4.78, 5) is 12.2. The normalized spacial score (nSPS) is 10.9. The highest BCUT2D eigenvalue weighted by Crippen LogP contribution is 2.18. The number of hydrogen-bond donors (Lipinski definition) is 1. The molecular formula is C14H21N5O2. The number of nitrogen functional groups attached to an aromatic ring is 1. The minimum Gasteiger partial charge on any atom is -0.454 e. The maximum atomic E-state index is 12.2. The highest BCUT2D eigenvalue weighted by molar-refractivity contribution is 5.93. The average molecular weight is 291 g/mol. The summed E-state index contributed by atoms with van der Waals surface area (Å²) < 4.78 is 8.63. The second-order valence-electron chi connectivity index (χ2n) is 4.86. The van der Waals surface area contributed by atoms with E-state index in [1.165, 1.54) is 4.68 Å². The lowest BCUT2D eigenvalue weighted by Crippen LogP contribution is -2.14. The largest absolute Gasteiger partial charge is 0.454 e. The molecule has 7 heteroatoms. The fourth-order valence-corrected chi connectivity index (χ4v) is 2.30. The zero-order valence-electron chi connectivity index (χ0n) is 12.9. The average Bonchev–Trinajstić information content (AvgIpc) is 2.95. The van der Waals surface area contributed by atoms with Crippen molar-refractivity contribution in [2.24, 2.45) is 7.05 Å². The van der Waals surface area contributed by atoms with Gasteiger partial charge in [-0.15, -0.1) is 0 Å². The topological polar surface area (TPSA) is 88.0 Å². The number of aryl methyl sites for hydroxylation is 4. The van der Waals surface area contributed by atoms with Crippen molar-refractivity contribution in [1.82, 2.24) is 19.6 Å². The molecule has 2 heterocycles. The first-order valence-corrected chi connectivity index (χ1v) is 6.99. The Morgan fingerprint density at radius 2 is 2.10 bits per heavy atom. The molecule has 0 saturated carbocycles. The summed E-state index contributed by atoms with van der Waals surface area (Å²) in [6.45, 7) is 6.74. The highest BCUT2D eigenvalue weighted by Gasteiger charge is 2.21. The summed E-state index contributed by atoms with van der Waals surface area (Å²) in [5.41, 5.74) is 9.10. The Morgan fingerprint density at radius 3 is 2.67 bits per heavy atom. The molecule has 21 heavy (non-hydrogen) atoms. The van der Waals surface area contributed by atoms with Gasteiger partial charge in [-0.3, -0.25) is 9.36 Å². The fraction of sp³-hybridized carbons (Fsp3) is 0.500. The number of anilines is 1. The molecule has 7 nitrogen and oxygen atoms in total. The lowest BCUT2D eigenvalue weighted by Gasteiger charge is -2.07. The lowest BCUT2D eigenvalue weighted by atomic mass is 10.2. The first-order chi connectivity index (χ1) is 9.97. The third-order valence-corrected chi connectivity index (χ3v) is 3.32. The molecule has 2 rings (SSSR count). The highest BCUT2D eigenvalue weighted by atomic mass is 16.5. The molecule has 0 aliphatic carbocycles. The molecule has 0 aromatic carbocycles. The van der Waals surface area contributed by atoms with Gasteiger partial charge in [0.1, 0.15) is 6.61 Å². The zero-order valence-corrected chi connectivity index (χ0v) is 12.9. The standard InChI is InChI=1S/C14H21N5O2/c1-5-11-12(15)13(18(4)17-11)14(20)21-8-10-7-9(3)16-19(10)6-2/h7H,5-6,8,15H2,1-4H3. The molecule has 0 aliphatic rings. The minimum absolute atomic E-state index is 0.166. The van der Waals surface area contributed by atoms with Crippen LogP contribution in [0.2, 0.25) is 0 Å². The molecule has 0 atom stereocenters. The smallest absolute Gasteiger partial charge is 0.359 e. The number of rotatable bonds is 5. The van der Waals surface area contributed by atoms with E-state index in [-0.39, 0.29) is 6.61 Å². The van der Waals surface area contributed by atoms with Crippen LogP contribution in [0.25, 0.3) is 0 Å². The molecule has 0 aliphatic heterocycles. The van der Waals surface area contributed by atoms with E-state index in [2.05, 4.69) is 10.2 Å².